The fourth-order valence-corrected chi connectivity index (χ4v) is 1.88. The molecule has 0 saturated carbocycles. The van der Waals surface area contributed by atoms with E-state index >= 15 is 0 Å². The zero-order valence-corrected chi connectivity index (χ0v) is 9.39. The minimum Gasteiger partial charge on any atom is -0.274 e. The number of imide groups is 3. The lowest BCUT2D eigenvalue weighted by molar-refractivity contribution is -0.156. The smallest absolute Gasteiger partial charge is 0.240 e. The van der Waals surface area contributed by atoms with Crippen molar-refractivity contribution in [2.75, 3.05) is 0 Å². The van der Waals surface area contributed by atoms with E-state index in [1.165, 1.54) is 0 Å². The molecule has 1 aliphatic rings. The summed E-state index contributed by atoms with van der Waals surface area (Å²) in [5.74, 6) is -1.17. The number of carbonyl (C=O) groups excluding carboxylic acids is 3. The number of piperidine rings is 1. The molecule has 0 aliphatic carbocycles. The van der Waals surface area contributed by atoms with Crippen molar-refractivity contribution in [1.82, 2.24) is 4.90 Å². The zero-order valence-electron chi connectivity index (χ0n) is 9.39. The van der Waals surface area contributed by atoms with Gasteiger partial charge in [-0.3, -0.25) is 14.4 Å². The van der Waals surface area contributed by atoms with Gasteiger partial charge >= 0.3 is 0 Å². The van der Waals surface area contributed by atoms with E-state index in [-0.39, 0.29) is 31.1 Å². The molecule has 88 valence electrons. The van der Waals surface area contributed by atoms with Crippen LogP contribution in [0.15, 0.2) is 30.3 Å². The molecule has 1 saturated heterocycles. The number of hydrogen-bond donors (Lipinski definition) is 0. The molecule has 3 amide bonds. The predicted octanol–water partition coefficient (Wildman–Crippen LogP) is 1.29. The molecule has 1 heterocycles. The Morgan fingerprint density at radius 2 is 1.65 bits per heavy atom. The van der Waals surface area contributed by atoms with E-state index < -0.39 is 5.91 Å². The molecule has 4 heteroatoms. The quantitative estimate of drug-likeness (QED) is 0.721. The molecule has 17 heavy (non-hydrogen) atoms. The lowest BCUT2D eigenvalue weighted by Crippen LogP contribution is -2.45. The fourth-order valence-electron chi connectivity index (χ4n) is 1.88. The van der Waals surface area contributed by atoms with Gasteiger partial charge in [0.2, 0.25) is 17.7 Å². The SMILES string of the molecule is O=C1CCCC(=O)N1C(=O)Cc1ccccc1. The van der Waals surface area contributed by atoms with Crippen molar-refractivity contribution in [2.45, 2.75) is 25.7 Å². The molecule has 4 nitrogen and oxygen atoms in total. The van der Waals surface area contributed by atoms with E-state index in [1.807, 2.05) is 18.2 Å². The van der Waals surface area contributed by atoms with Crippen LogP contribution in [-0.2, 0) is 20.8 Å². The van der Waals surface area contributed by atoms with E-state index in [1.54, 1.807) is 12.1 Å². The number of nitrogens with zero attached hydrogens (tertiary/aromatic N) is 1. The summed E-state index contributed by atoms with van der Waals surface area (Å²) in [4.78, 5) is 35.7. The van der Waals surface area contributed by atoms with Crippen LogP contribution in [0, 0.1) is 0 Å². The summed E-state index contributed by atoms with van der Waals surface area (Å²) in [6, 6.07) is 9.10. The molecule has 1 fully saturated rings. The van der Waals surface area contributed by atoms with Crippen LogP contribution in [-0.4, -0.2) is 22.6 Å². The normalized spacial score (nSPS) is 16.1. The molecule has 0 unspecified atom stereocenters. The molecule has 0 radical (unpaired) electrons. The largest absolute Gasteiger partial charge is 0.274 e. The van der Waals surface area contributed by atoms with Crippen LogP contribution >= 0.6 is 0 Å². The Labute approximate surface area is 99.2 Å². The Balaban J connectivity index is 2.09. The van der Waals surface area contributed by atoms with Crippen LogP contribution in [0.4, 0.5) is 0 Å². The van der Waals surface area contributed by atoms with Crippen molar-refractivity contribution in [3.63, 3.8) is 0 Å². The Hall–Kier alpha value is -1.97. The predicted molar refractivity (Wildman–Crippen MR) is 60.9 cm³/mol. The summed E-state index contributed by atoms with van der Waals surface area (Å²) >= 11 is 0. The van der Waals surface area contributed by atoms with Crippen molar-refractivity contribution < 1.29 is 14.4 Å². The number of carbonyl (C=O) groups is 3. The molecule has 0 N–H and O–H groups in total. The second-order valence-electron chi connectivity index (χ2n) is 4.03. The van der Waals surface area contributed by atoms with Crippen LogP contribution in [0.1, 0.15) is 24.8 Å². The monoisotopic (exact) mass is 231 g/mol. The topological polar surface area (TPSA) is 54.5 Å². The van der Waals surface area contributed by atoms with E-state index in [0.29, 0.717) is 6.42 Å². The molecule has 0 spiro atoms. The molecule has 1 aromatic rings. The third-order valence-electron chi connectivity index (χ3n) is 2.73. The number of likely N-dealkylation sites (tertiary alicyclic amines) is 1. The van der Waals surface area contributed by atoms with E-state index in [2.05, 4.69) is 0 Å². The Kier molecular flexibility index (Phi) is 3.32. The van der Waals surface area contributed by atoms with Gasteiger partial charge in [0.1, 0.15) is 0 Å². The molecule has 1 aliphatic heterocycles. The molecule has 0 bridgehead atoms. The van der Waals surface area contributed by atoms with Gasteiger partial charge in [-0.25, -0.2) is 4.90 Å². The Morgan fingerprint density at radius 1 is 1.06 bits per heavy atom. The lowest BCUT2D eigenvalue weighted by Gasteiger charge is -2.22. The van der Waals surface area contributed by atoms with Gasteiger partial charge in [-0.15, -0.1) is 0 Å². The highest BCUT2D eigenvalue weighted by atomic mass is 16.2. The van der Waals surface area contributed by atoms with Gasteiger partial charge < -0.3 is 0 Å². The zero-order chi connectivity index (χ0) is 12.3. The van der Waals surface area contributed by atoms with Crippen molar-refractivity contribution in [1.29, 1.82) is 0 Å². The number of hydrogen-bond acceptors (Lipinski definition) is 3. The first-order chi connectivity index (χ1) is 8.18. The summed E-state index contributed by atoms with van der Waals surface area (Å²) in [5, 5.41) is 0. The third kappa shape index (κ3) is 2.58. The van der Waals surface area contributed by atoms with E-state index in [0.717, 1.165) is 10.5 Å². The molecular weight excluding hydrogens is 218 g/mol. The second kappa shape index (κ2) is 4.91. The first-order valence-corrected chi connectivity index (χ1v) is 5.61. The van der Waals surface area contributed by atoms with Gasteiger partial charge in [-0.2, -0.15) is 0 Å². The molecule has 1 aromatic carbocycles. The van der Waals surface area contributed by atoms with Crippen LogP contribution < -0.4 is 0 Å². The minimum absolute atomic E-state index is 0.0956. The molecule has 0 aromatic heterocycles. The maximum atomic E-state index is 11.9. The highest BCUT2D eigenvalue weighted by Gasteiger charge is 2.31. The number of amides is 3. The summed E-state index contributed by atoms with van der Waals surface area (Å²) in [7, 11) is 0. The number of rotatable bonds is 2. The molecule has 0 atom stereocenters. The van der Waals surface area contributed by atoms with Crippen LogP contribution in [0.3, 0.4) is 0 Å². The van der Waals surface area contributed by atoms with Crippen molar-refractivity contribution in [3.8, 4) is 0 Å². The summed E-state index contributed by atoms with van der Waals surface area (Å²) in [6.07, 6.45) is 1.21. The van der Waals surface area contributed by atoms with Gasteiger partial charge in [0.25, 0.3) is 0 Å². The van der Waals surface area contributed by atoms with Crippen LogP contribution in [0.5, 0.6) is 0 Å². The number of benzene rings is 1. The van der Waals surface area contributed by atoms with Crippen LogP contribution in [0.25, 0.3) is 0 Å². The Morgan fingerprint density at radius 3 is 2.24 bits per heavy atom. The van der Waals surface area contributed by atoms with E-state index in [4.69, 9.17) is 0 Å². The highest BCUT2D eigenvalue weighted by Crippen LogP contribution is 2.14. The minimum atomic E-state index is -0.425. The van der Waals surface area contributed by atoms with Gasteiger partial charge in [-0.05, 0) is 12.0 Å². The maximum Gasteiger partial charge on any atom is 0.240 e. The first kappa shape index (κ1) is 11.5. The standard InChI is InChI=1S/C13H13NO3/c15-11-7-4-8-12(16)14(11)13(17)9-10-5-2-1-3-6-10/h1-3,5-6H,4,7-9H2. The summed E-state index contributed by atoms with van der Waals surface area (Å²) in [6.45, 7) is 0. The van der Waals surface area contributed by atoms with Crippen molar-refractivity contribution >= 4 is 17.7 Å². The van der Waals surface area contributed by atoms with E-state index in [9.17, 15) is 14.4 Å². The average molecular weight is 231 g/mol. The van der Waals surface area contributed by atoms with Gasteiger partial charge in [0.05, 0.1) is 6.42 Å². The molecule has 2 rings (SSSR count). The second-order valence-corrected chi connectivity index (χ2v) is 4.03. The molecular formula is C13H13NO3. The van der Waals surface area contributed by atoms with Crippen molar-refractivity contribution in [2.24, 2.45) is 0 Å². The fraction of sp³-hybridized carbons (Fsp3) is 0.308. The first-order valence-electron chi connectivity index (χ1n) is 5.61. The van der Waals surface area contributed by atoms with Gasteiger partial charge in [0.15, 0.2) is 0 Å². The van der Waals surface area contributed by atoms with Crippen LogP contribution in [0.2, 0.25) is 0 Å². The summed E-state index contributed by atoms with van der Waals surface area (Å²) < 4.78 is 0. The third-order valence-corrected chi connectivity index (χ3v) is 2.73. The average Bonchev–Trinajstić information content (AvgIpc) is 2.30. The highest BCUT2D eigenvalue weighted by molar-refractivity contribution is 6.12. The Bertz CT molecular complexity index is 437. The summed E-state index contributed by atoms with van der Waals surface area (Å²) in [5.41, 5.74) is 0.809. The maximum absolute atomic E-state index is 11.9. The van der Waals surface area contributed by atoms with Crippen molar-refractivity contribution in [3.05, 3.63) is 35.9 Å². The lowest BCUT2D eigenvalue weighted by atomic mass is 10.1. The van der Waals surface area contributed by atoms with Gasteiger partial charge in [-0.1, -0.05) is 30.3 Å². The van der Waals surface area contributed by atoms with Gasteiger partial charge in [0, 0.05) is 12.8 Å².